The smallest absolute Gasteiger partial charge is 0.311 e. The third-order valence-corrected chi connectivity index (χ3v) is 4.58. The van der Waals surface area contributed by atoms with Gasteiger partial charge < -0.3 is 10.1 Å². The summed E-state index contributed by atoms with van der Waals surface area (Å²) in [5.74, 6) is -0.636. The van der Waals surface area contributed by atoms with Crippen LogP contribution in [0.5, 0.6) is 0 Å². The second-order valence-electron chi connectivity index (χ2n) is 6.79. The zero-order valence-corrected chi connectivity index (χ0v) is 17.7. The van der Waals surface area contributed by atoms with E-state index in [1.165, 1.54) is 17.8 Å². The van der Waals surface area contributed by atoms with Crippen LogP contribution in [-0.4, -0.2) is 33.1 Å². The molecule has 160 valence electrons. The molecule has 0 unspecified atom stereocenters. The SMILES string of the molecule is CCOC(=O)Cc1ccc(Nc2c(C(C)=O)c(-c3ccccc3)nn(CC)c2=O)cn1. The number of ketones is 1. The first-order valence-electron chi connectivity index (χ1n) is 10.0. The van der Waals surface area contributed by atoms with Gasteiger partial charge in [0.25, 0.3) is 5.56 Å². The van der Waals surface area contributed by atoms with Crippen LogP contribution >= 0.6 is 0 Å². The summed E-state index contributed by atoms with van der Waals surface area (Å²) in [5.41, 5.74) is 2.19. The number of pyridine rings is 1. The molecule has 0 radical (unpaired) electrons. The average Bonchev–Trinajstić information content (AvgIpc) is 2.76. The predicted molar refractivity (Wildman–Crippen MR) is 117 cm³/mol. The van der Waals surface area contributed by atoms with E-state index in [0.717, 1.165) is 5.56 Å². The van der Waals surface area contributed by atoms with Gasteiger partial charge in [0.15, 0.2) is 5.78 Å². The second kappa shape index (κ2) is 9.80. The van der Waals surface area contributed by atoms with Gasteiger partial charge in [0.05, 0.1) is 36.2 Å². The number of carbonyl (C=O) groups excluding carboxylic acids is 2. The molecule has 2 aromatic heterocycles. The number of ether oxygens (including phenoxy) is 1. The minimum atomic E-state index is -0.400. The molecule has 0 atom stereocenters. The first-order valence-corrected chi connectivity index (χ1v) is 10.0. The number of carbonyl (C=O) groups is 2. The molecule has 8 nitrogen and oxygen atoms in total. The quantitative estimate of drug-likeness (QED) is 0.440. The molecule has 3 aromatic rings. The number of benzene rings is 1. The first-order chi connectivity index (χ1) is 14.9. The number of aryl methyl sites for hydroxylation is 1. The molecule has 1 aromatic carbocycles. The molecular formula is C23H24N4O4. The minimum absolute atomic E-state index is 0.0584. The van der Waals surface area contributed by atoms with Gasteiger partial charge in [-0.3, -0.25) is 19.4 Å². The molecule has 0 aliphatic heterocycles. The van der Waals surface area contributed by atoms with Gasteiger partial charge in [-0.05, 0) is 32.9 Å². The van der Waals surface area contributed by atoms with Crippen LogP contribution in [0.25, 0.3) is 11.3 Å². The summed E-state index contributed by atoms with van der Waals surface area (Å²) in [4.78, 5) is 41.4. The highest BCUT2D eigenvalue weighted by Crippen LogP contribution is 2.27. The Bertz CT molecular complexity index is 1140. The number of hydrogen-bond donors (Lipinski definition) is 1. The maximum Gasteiger partial charge on any atom is 0.311 e. The van der Waals surface area contributed by atoms with Crippen molar-refractivity contribution in [3.63, 3.8) is 0 Å². The molecule has 3 rings (SSSR count). The van der Waals surface area contributed by atoms with Crippen molar-refractivity contribution < 1.29 is 14.3 Å². The number of Topliss-reactive ketones (excluding diaryl/α,β-unsaturated/α-hetero) is 1. The van der Waals surface area contributed by atoms with E-state index in [1.54, 1.807) is 19.1 Å². The Morgan fingerprint density at radius 1 is 1.10 bits per heavy atom. The molecule has 1 N–H and O–H groups in total. The van der Waals surface area contributed by atoms with Gasteiger partial charge in [-0.2, -0.15) is 5.10 Å². The van der Waals surface area contributed by atoms with Crippen LogP contribution in [0.4, 0.5) is 11.4 Å². The number of nitrogens with zero attached hydrogens (tertiary/aromatic N) is 3. The van der Waals surface area contributed by atoms with Crippen LogP contribution in [0.2, 0.25) is 0 Å². The van der Waals surface area contributed by atoms with Crippen molar-refractivity contribution in [2.75, 3.05) is 11.9 Å². The highest BCUT2D eigenvalue weighted by molar-refractivity contribution is 6.05. The fraction of sp³-hybridized carbons (Fsp3) is 0.261. The number of aromatic nitrogens is 3. The lowest BCUT2D eigenvalue weighted by atomic mass is 10.0. The fourth-order valence-electron chi connectivity index (χ4n) is 3.15. The second-order valence-corrected chi connectivity index (χ2v) is 6.79. The van der Waals surface area contributed by atoms with E-state index in [4.69, 9.17) is 4.74 Å². The van der Waals surface area contributed by atoms with Crippen LogP contribution in [0, 0.1) is 0 Å². The van der Waals surface area contributed by atoms with Crippen molar-refractivity contribution >= 4 is 23.1 Å². The highest BCUT2D eigenvalue weighted by Gasteiger charge is 2.22. The molecule has 8 heteroatoms. The van der Waals surface area contributed by atoms with Crippen LogP contribution < -0.4 is 10.9 Å². The van der Waals surface area contributed by atoms with Gasteiger partial charge in [-0.25, -0.2) is 4.68 Å². The first kappa shape index (κ1) is 21.9. The maximum atomic E-state index is 13.0. The lowest BCUT2D eigenvalue weighted by Gasteiger charge is -2.16. The molecular weight excluding hydrogens is 396 g/mol. The molecule has 0 spiro atoms. The standard InChI is InChI=1S/C23H24N4O4/c1-4-27-23(30)22(20(15(3)28)21(26-27)16-9-7-6-8-10-16)25-18-12-11-17(24-14-18)13-19(29)31-5-2/h6-12,14,25H,4-5,13H2,1-3H3. The summed E-state index contributed by atoms with van der Waals surface area (Å²) >= 11 is 0. The average molecular weight is 420 g/mol. The summed E-state index contributed by atoms with van der Waals surface area (Å²) in [6.45, 7) is 5.62. The number of nitrogens with one attached hydrogen (secondary N) is 1. The molecule has 0 bridgehead atoms. The van der Waals surface area contributed by atoms with Gasteiger partial charge in [0.1, 0.15) is 11.4 Å². The van der Waals surface area contributed by atoms with Gasteiger partial charge in [0.2, 0.25) is 0 Å². The largest absolute Gasteiger partial charge is 0.466 e. The Balaban J connectivity index is 2.03. The molecule has 0 aliphatic rings. The zero-order valence-electron chi connectivity index (χ0n) is 17.7. The Hall–Kier alpha value is -3.81. The summed E-state index contributed by atoms with van der Waals surface area (Å²) < 4.78 is 6.25. The fourth-order valence-corrected chi connectivity index (χ4v) is 3.15. The van der Waals surface area contributed by atoms with E-state index in [0.29, 0.717) is 30.2 Å². The summed E-state index contributed by atoms with van der Waals surface area (Å²) in [6.07, 6.45) is 1.57. The third-order valence-electron chi connectivity index (χ3n) is 4.58. The Kier molecular flexibility index (Phi) is 6.92. The van der Waals surface area contributed by atoms with E-state index in [1.807, 2.05) is 37.3 Å². The minimum Gasteiger partial charge on any atom is -0.466 e. The van der Waals surface area contributed by atoms with Crippen LogP contribution in [0.15, 0.2) is 53.5 Å². The van der Waals surface area contributed by atoms with Gasteiger partial charge >= 0.3 is 5.97 Å². The van der Waals surface area contributed by atoms with Crippen molar-refractivity contribution in [2.45, 2.75) is 33.7 Å². The van der Waals surface area contributed by atoms with Crippen molar-refractivity contribution in [1.29, 1.82) is 0 Å². The monoisotopic (exact) mass is 420 g/mol. The summed E-state index contributed by atoms with van der Waals surface area (Å²) in [7, 11) is 0. The molecule has 31 heavy (non-hydrogen) atoms. The maximum absolute atomic E-state index is 13.0. The van der Waals surface area contributed by atoms with E-state index in [9.17, 15) is 14.4 Å². The molecule has 0 saturated heterocycles. The van der Waals surface area contributed by atoms with Gasteiger partial charge in [-0.15, -0.1) is 0 Å². The van der Waals surface area contributed by atoms with Crippen molar-refractivity contribution in [2.24, 2.45) is 0 Å². The number of rotatable bonds is 8. The van der Waals surface area contributed by atoms with Crippen molar-refractivity contribution in [1.82, 2.24) is 14.8 Å². The molecule has 0 amide bonds. The normalized spacial score (nSPS) is 10.5. The lowest BCUT2D eigenvalue weighted by Crippen LogP contribution is -2.28. The van der Waals surface area contributed by atoms with Crippen LogP contribution in [0.1, 0.15) is 36.8 Å². The zero-order chi connectivity index (χ0) is 22.4. The summed E-state index contributed by atoms with van der Waals surface area (Å²) in [5, 5.41) is 7.46. The van der Waals surface area contributed by atoms with Crippen LogP contribution in [-0.2, 0) is 22.5 Å². The van der Waals surface area contributed by atoms with E-state index in [-0.39, 0.29) is 29.4 Å². The number of anilines is 2. The third kappa shape index (κ3) is 5.03. The van der Waals surface area contributed by atoms with Crippen LogP contribution in [0.3, 0.4) is 0 Å². The van der Waals surface area contributed by atoms with Crippen molar-refractivity contribution in [3.05, 3.63) is 70.3 Å². The predicted octanol–water partition coefficient (Wildman–Crippen LogP) is 3.38. The molecule has 0 aliphatic carbocycles. The Morgan fingerprint density at radius 2 is 1.84 bits per heavy atom. The molecule has 0 fully saturated rings. The highest BCUT2D eigenvalue weighted by atomic mass is 16.5. The molecule has 0 saturated carbocycles. The number of esters is 1. The topological polar surface area (TPSA) is 103 Å². The molecule has 2 heterocycles. The van der Waals surface area contributed by atoms with Crippen molar-refractivity contribution in [3.8, 4) is 11.3 Å². The lowest BCUT2D eigenvalue weighted by molar-refractivity contribution is -0.142. The van der Waals surface area contributed by atoms with Gasteiger partial charge in [0, 0.05) is 12.1 Å². The summed E-state index contributed by atoms with van der Waals surface area (Å²) in [6, 6.07) is 12.6. The number of hydrogen-bond acceptors (Lipinski definition) is 7. The van der Waals surface area contributed by atoms with Gasteiger partial charge in [-0.1, -0.05) is 30.3 Å². The van der Waals surface area contributed by atoms with E-state index in [2.05, 4.69) is 15.4 Å². The van der Waals surface area contributed by atoms with E-state index < -0.39 is 5.56 Å². The Morgan fingerprint density at radius 3 is 2.42 bits per heavy atom. The van der Waals surface area contributed by atoms with E-state index >= 15 is 0 Å². The Labute approximate surface area is 179 Å².